The van der Waals surface area contributed by atoms with Crippen molar-refractivity contribution >= 4 is 17.0 Å². The molecule has 2 aliphatic rings. The van der Waals surface area contributed by atoms with Crippen molar-refractivity contribution in [1.29, 1.82) is 0 Å². The van der Waals surface area contributed by atoms with E-state index in [0.29, 0.717) is 11.8 Å². The number of phenolic OH excluding ortho intramolecular Hbond substituents is 2. The fraction of sp³-hybridized carbons (Fsp3) is 0.294. The first kappa shape index (κ1) is 14.4. The van der Waals surface area contributed by atoms with Gasteiger partial charge in [0.2, 0.25) is 0 Å². The summed E-state index contributed by atoms with van der Waals surface area (Å²) in [4.78, 5) is 2.36. The lowest BCUT2D eigenvalue weighted by Gasteiger charge is -2.39. The van der Waals surface area contributed by atoms with Gasteiger partial charge in [0.15, 0.2) is 0 Å². The zero-order chi connectivity index (χ0) is 13.9. The fourth-order valence-corrected chi connectivity index (χ4v) is 3.65. The molecular formula is C17H18BrNO2. The van der Waals surface area contributed by atoms with Crippen LogP contribution in [0.25, 0.3) is 11.1 Å². The smallest absolute Gasteiger partial charge is 0.123 e. The number of halogens is 1. The molecule has 21 heavy (non-hydrogen) atoms. The van der Waals surface area contributed by atoms with Crippen molar-refractivity contribution in [3.05, 3.63) is 47.0 Å². The summed E-state index contributed by atoms with van der Waals surface area (Å²) < 4.78 is 0. The Labute approximate surface area is 134 Å². The van der Waals surface area contributed by atoms with Crippen LogP contribution in [0, 0.1) is 0 Å². The van der Waals surface area contributed by atoms with E-state index in [1.807, 2.05) is 12.1 Å². The monoisotopic (exact) mass is 347 g/mol. The zero-order valence-corrected chi connectivity index (χ0v) is 13.5. The largest absolute Gasteiger partial charge is 0.508 e. The molecule has 1 aliphatic carbocycles. The van der Waals surface area contributed by atoms with Crippen LogP contribution in [0.4, 0.5) is 0 Å². The van der Waals surface area contributed by atoms with Crippen molar-refractivity contribution in [3.63, 3.8) is 0 Å². The highest BCUT2D eigenvalue weighted by molar-refractivity contribution is 8.93. The number of likely N-dealkylation sites (N-methyl/N-ethyl adjacent to an activating group) is 1. The lowest BCUT2D eigenvalue weighted by atomic mass is 9.77. The average Bonchev–Trinajstić information content (AvgIpc) is 2.44. The predicted molar refractivity (Wildman–Crippen MR) is 88.3 cm³/mol. The molecule has 110 valence electrons. The van der Waals surface area contributed by atoms with E-state index in [-0.39, 0.29) is 22.7 Å². The topological polar surface area (TPSA) is 43.7 Å². The third-order valence-corrected chi connectivity index (χ3v) is 4.69. The van der Waals surface area contributed by atoms with E-state index in [4.69, 9.17) is 0 Å². The van der Waals surface area contributed by atoms with Crippen LogP contribution in [-0.2, 0) is 12.8 Å². The SMILES string of the molecule is Br.CN1CCc2ccc(O)c3c2C1Cc1ccc(O)cc1-3. The summed E-state index contributed by atoms with van der Waals surface area (Å²) >= 11 is 0. The molecule has 0 bridgehead atoms. The highest BCUT2D eigenvalue weighted by atomic mass is 79.9. The Morgan fingerprint density at radius 1 is 1.10 bits per heavy atom. The quantitative estimate of drug-likeness (QED) is 0.767. The van der Waals surface area contributed by atoms with E-state index in [2.05, 4.69) is 11.9 Å². The Hall–Kier alpha value is -1.52. The van der Waals surface area contributed by atoms with Gasteiger partial charge in [-0.15, -0.1) is 17.0 Å². The van der Waals surface area contributed by atoms with Crippen molar-refractivity contribution in [3.8, 4) is 22.6 Å². The summed E-state index contributed by atoms with van der Waals surface area (Å²) in [6, 6.07) is 9.64. The molecule has 0 saturated heterocycles. The van der Waals surface area contributed by atoms with Gasteiger partial charge in [0.1, 0.15) is 11.5 Å². The molecule has 0 saturated carbocycles. The first-order valence-corrected chi connectivity index (χ1v) is 7.02. The molecule has 1 atom stereocenters. The van der Waals surface area contributed by atoms with Crippen molar-refractivity contribution in [2.45, 2.75) is 18.9 Å². The van der Waals surface area contributed by atoms with Crippen LogP contribution in [0.2, 0.25) is 0 Å². The maximum atomic E-state index is 10.3. The normalized spacial score (nSPS) is 19.4. The minimum Gasteiger partial charge on any atom is -0.508 e. The van der Waals surface area contributed by atoms with Crippen LogP contribution in [0.1, 0.15) is 22.7 Å². The van der Waals surface area contributed by atoms with Gasteiger partial charge >= 0.3 is 0 Å². The molecule has 3 nitrogen and oxygen atoms in total. The third-order valence-electron chi connectivity index (χ3n) is 4.69. The van der Waals surface area contributed by atoms with E-state index < -0.39 is 0 Å². The second-order valence-corrected chi connectivity index (χ2v) is 5.82. The van der Waals surface area contributed by atoms with Crippen LogP contribution in [-0.4, -0.2) is 28.7 Å². The maximum absolute atomic E-state index is 10.3. The van der Waals surface area contributed by atoms with Crippen LogP contribution in [0.15, 0.2) is 30.3 Å². The minimum atomic E-state index is 0. The van der Waals surface area contributed by atoms with Gasteiger partial charge in [-0.3, -0.25) is 4.90 Å². The first-order chi connectivity index (χ1) is 9.65. The average molecular weight is 348 g/mol. The molecule has 0 aromatic heterocycles. The van der Waals surface area contributed by atoms with Crippen LogP contribution in [0.3, 0.4) is 0 Å². The molecule has 1 unspecified atom stereocenters. The number of rotatable bonds is 0. The molecule has 1 heterocycles. The van der Waals surface area contributed by atoms with Crippen LogP contribution < -0.4 is 0 Å². The van der Waals surface area contributed by atoms with Gasteiger partial charge in [-0.05, 0) is 60.3 Å². The highest BCUT2D eigenvalue weighted by Gasteiger charge is 2.34. The lowest BCUT2D eigenvalue weighted by Crippen LogP contribution is -2.35. The van der Waals surface area contributed by atoms with Gasteiger partial charge < -0.3 is 10.2 Å². The van der Waals surface area contributed by atoms with Gasteiger partial charge in [-0.25, -0.2) is 0 Å². The lowest BCUT2D eigenvalue weighted by molar-refractivity contribution is 0.227. The number of aromatic hydroxyl groups is 2. The summed E-state index contributed by atoms with van der Waals surface area (Å²) in [7, 11) is 2.15. The summed E-state index contributed by atoms with van der Waals surface area (Å²) in [6.07, 6.45) is 1.96. The molecule has 2 aromatic carbocycles. The number of fused-ring (bicyclic) bond motifs is 2. The molecule has 0 amide bonds. The van der Waals surface area contributed by atoms with Crippen molar-refractivity contribution < 1.29 is 10.2 Å². The summed E-state index contributed by atoms with van der Waals surface area (Å²) in [5.74, 6) is 0.568. The fourth-order valence-electron chi connectivity index (χ4n) is 3.65. The molecule has 4 heteroatoms. The Morgan fingerprint density at radius 2 is 1.86 bits per heavy atom. The van der Waals surface area contributed by atoms with Crippen LogP contribution >= 0.6 is 17.0 Å². The molecule has 0 radical (unpaired) electrons. The second-order valence-electron chi connectivity index (χ2n) is 5.82. The van der Waals surface area contributed by atoms with Gasteiger partial charge in [0.05, 0.1) is 0 Å². The van der Waals surface area contributed by atoms with Crippen LogP contribution in [0.5, 0.6) is 11.5 Å². The van der Waals surface area contributed by atoms with Gasteiger partial charge in [0.25, 0.3) is 0 Å². The van der Waals surface area contributed by atoms with E-state index in [1.54, 1.807) is 18.2 Å². The molecule has 2 N–H and O–H groups in total. The standard InChI is InChI=1S/C17H17NO2.BrH/c1-18-7-6-10-3-5-15(20)17-13-9-12(19)4-2-11(13)8-14(18)16(10)17;/h2-5,9,14,19-20H,6-8H2,1H3;1H. The summed E-state index contributed by atoms with van der Waals surface area (Å²) in [5, 5.41) is 20.1. The predicted octanol–water partition coefficient (Wildman–Crippen LogP) is 3.43. The van der Waals surface area contributed by atoms with E-state index in [1.165, 1.54) is 16.7 Å². The molecule has 2 aromatic rings. The van der Waals surface area contributed by atoms with E-state index in [0.717, 1.165) is 30.5 Å². The van der Waals surface area contributed by atoms with Gasteiger partial charge in [-0.2, -0.15) is 0 Å². The number of nitrogens with zero attached hydrogens (tertiary/aromatic N) is 1. The Bertz CT molecular complexity index is 714. The minimum absolute atomic E-state index is 0. The first-order valence-electron chi connectivity index (χ1n) is 7.02. The van der Waals surface area contributed by atoms with Gasteiger partial charge in [-0.1, -0.05) is 12.1 Å². The molecule has 4 rings (SSSR count). The Morgan fingerprint density at radius 3 is 2.67 bits per heavy atom. The molecule has 0 spiro atoms. The maximum Gasteiger partial charge on any atom is 0.123 e. The van der Waals surface area contributed by atoms with Crippen molar-refractivity contribution in [2.75, 3.05) is 13.6 Å². The molecule has 1 aliphatic heterocycles. The Kier molecular flexibility index (Phi) is 3.46. The van der Waals surface area contributed by atoms with Crippen molar-refractivity contribution in [1.82, 2.24) is 4.90 Å². The van der Waals surface area contributed by atoms with Crippen molar-refractivity contribution in [2.24, 2.45) is 0 Å². The van der Waals surface area contributed by atoms with E-state index >= 15 is 0 Å². The zero-order valence-electron chi connectivity index (χ0n) is 11.8. The number of phenols is 2. The number of hydrogen-bond acceptors (Lipinski definition) is 3. The van der Waals surface area contributed by atoms with Gasteiger partial charge in [0, 0.05) is 18.2 Å². The van der Waals surface area contributed by atoms with E-state index in [9.17, 15) is 10.2 Å². The number of benzene rings is 2. The molecular weight excluding hydrogens is 330 g/mol. The Balaban J connectivity index is 0.00000132. The third kappa shape index (κ3) is 2.05. The second kappa shape index (κ2) is 5.04. The number of hydrogen-bond donors (Lipinski definition) is 2. The molecule has 0 fully saturated rings. The summed E-state index contributed by atoms with van der Waals surface area (Å²) in [5.41, 5.74) is 5.66. The summed E-state index contributed by atoms with van der Waals surface area (Å²) in [6.45, 7) is 1.05. The highest BCUT2D eigenvalue weighted by Crippen LogP contribution is 2.48.